The van der Waals surface area contributed by atoms with E-state index in [-0.39, 0.29) is 0 Å². The largest absolute Gasteiger partial charge is 0.497 e. The van der Waals surface area contributed by atoms with E-state index in [1.165, 1.54) is 17.5 Å². The number of ether oxygens (including phenoxy) is 1. The van der Waals surface area contributed by atoms with Crippen molar-refractivity contribution in [2.45, 2.75) is 31.8 Å². The van der Waals surface area contributed by atoms with Crippen LogP contribution in [0.1, 0.15) is 23.1 Å². The molecule has 0 saturated heterocycles. The Balaban J connectivity index is 1.65. The zero-order valence-corrected chi connectivity index (χ0v) is 13.0. The number of halogens is 1. The van der Waals surface area contributed by atoms with Crippen molar-refractivity contribution in [3.63, 3.8) is 0 Å². The van der Waals surface area contributed by atoms with Crippen molar-refractivity contribution in [2.24, 2.45) is 0 Å². The molecule has 0 saturated carbocycles. The molecule has 110 valence electrons. The molecule has 0 amide bonds. The third kappa shape index (κ3) is 3.39. The van der Waals surface area contributed by atoms with Crippen LogP contribution in [0.25, 0.3) is 0 Å². The van der Waals surface area contributed by atoms with E-state index < -0.39 is 0 Å². The van der Waals surface area contributed by atoms with E-state index in [4.69, 9.17) is 16.3 Å². The molecule has 21 heavy (non-hydrogen) atoms. The number of rotatable bonds is 4. The Morgan fingerprint density at radius 1 is 1.19 bits per heavy atom. The minimum Gasteiger partial charge on any atom is -0.497 e. The second-order valence-electron chi connectivity index (χ2n) is 5.55. The Morgan fingerprint density at radius 3 is 2.86 bits per heavy atom. The Labute approximate surface area is 131 Å². The zero-order chi connectivity index (χ0) is 14.7. The van der Waals surface area contributed by atoms with Crippen molar-refractivity contribution in [1.29, 1.82) is 0 Å². The molecule has 0 radical (unpaired) electrons. The van der Waals surface area contributed by atoms with Crippen LogP contribution in [0.2, 0.25) is 5.02 Å². The average Bonchev–Trinajstić information content (AvgIpc) is 2.53. The molecule has 1 aliphatic carbocycles. The van der Waals surface area contributed by atoms with Gasteiger partial charge in [0.05, 0.1) is 7.11 Å². The lowest BCUT2D eigenvalue weighted by molar-refractivity contribution is 0.411. The number of hydrogen-bond donors (Lipinski definition) is 1. The highest BCUT2D eigenvalue weighted by molar-refractivity contribution is 6.31. The second kappa shape index (κ2) is 6.50. The molecule has 2 nitrogen and oxygen atoms in total. The summed E-state index contributed by atoms with van der Waals surface area (Å²) in [5.41, 5.74) is 4.01. The van der Waals surface area contributed by atoms with Crippen LogP contribution in [0.5, 0.6) is 5.75 Å². The lowest BCUT2D eigenvalue weighted by Gasteiger charge is -2.26. The van der Waals surface area contributed by atoms with E-state index in [1.807, 2.05) is 18.2 Å². The van der Waals surface area contributed by atoms with Gasteiger partial charge in [-0.25, -0.2) is 0 Å². The predicted molar refractivity (Wildman–Crippen MR) is 87.1 cm³/mol. The highest BCUT2D eigenvalue weighted by Gasteiger charge is 2.18. The van der Waals surface area contributed by atoms with E-state index in [0.717, 1.165) is 35.7 Å². The van der Waals surface area contributed by atoms with Crippen molar-refractivity contribution >= 4 is 11.6 Å². The maximum absolute atomic E-state index is 6.21. The summed E-state index contributed by atoms with van der Waals surface area (Å²) >= 11 is 6.21. The Kier molecular flexibility index (Phi) is 4.47. The molecule has 0 spiro atoms. The molecule has 2 aromatic rings. The molecular weight excluding hydrogens is 282 g/mol. The average molecular weight is 302 g/mol. The maximum atomic E-state index is 6.21. The van der Waals surface area contributed by atoms with Gasteiger partial charge in [0, 0.05) is 17.6 Å². The highest BCUT2D eigenvalue weighted by Crippen LogP contribution is 2.26. The molecule has 0 aromatic heterocycles. The molecule has 3 rings (SSSR count). The minimum atomic E-state index is 0.501. The highest BCUT2D eigenvalue weighted by atomic mass is 35.5. The van der Waals surface area contributed by atoms with Crippen LogP contribution in [-0.2, 0) is 19.4 Å². The zero-order valence-electron chi connectivity index (χ0n) is 12.2. The lowest BCUT2D eigenvalue weighted by atomic mass is 9.88. The summed E-state index contributed by atoms with van der Waals surface area (Å²) in [5.74, 6) is 0.945. The fraction of sp³-hybridized carbons (Fsp3) is 0.333. The van der Waals surface area contributed by atoms with Crippen molar-refractivity contribution in [1.82, 2.24) is 5.32 Å². The Morgan fingerprint density at radius 2 is 2.05 bits per heavy atom. The molecule has 2 aromatic carbocycles. The van der Waals surface area contributed by atoms with Gasteiger partial charge in [-0.1, -0.05) is 35.9 Å². The van der Waals surface area contributed by atoms with Crippen LogP contribution < -0.4 is 10.1 Å². The van der Waals surface area contributed by atoms with Crippen molar-refractivity contribution < 1.29 is 4.74 Å². The fourth-order valence-corrected chi connectivity index (χ4v) is 3.13. The summed E-state index contributed by atoms with van der Waals surface area (Å²) in [4.78, 5) is 0. The third-order valence-electron chi connectivity index (χ3n) is 4.18. The Bertz CT molecular complexity index is 626. The second-order valence-corrected chi connectivity index (χ2v) is 5.95. The van der Waals surface area contributed by atoms with Crippen LogP contribution in [-0.4, -0.2) is 13.2 Å². The van der Waals surface area contributed by atoms with Gasteiger partial charge in [-0.2, -0.15) is 0 Å². The smallest absolute Gasteiger partial charge is 0.119 e. The van der Waals surface area contributed by atoms with Crippen molar-refractivity contribution in [3.05, 3.63) is 64.2 Å². The first-order chi connectivity index (χ1) is 10.3. The van der Waals surface area contributed by atoms with E-state index in [0.29, 0.717) is 6.04 Å². The monoisotopic (exact) mass is 301 g/mol. The number of nitrogens with one attached hydrogen (secondary N) is 1. The normalized spacial score (nSPS) is 17.3. The Hall–Kier alpha value is -1.51. The first-order valence-corrected chi connectivity index (χ1v) is 7.76. The molecule has 1 atom stereocenters. The summed E-state index contributed by atoms with van der Waals surface area (Å²) in [7, 11) is 1.72. The summed E-state index contributed by atoms with van der Waals surface area (Å²) in [5, 5.41) is 4.47. The predicted octanol–water partition coefficient (Wildman–Crippen LogP) is 4.00. The van der Waals surface area contributed by atoms with Crippen LogP contribution in [0.4, 0.5) is 0 Å². The van der Waals surface area contributed by atoms with E-state index in [9.17, 15) is 0 Å². The van der Waals surface area contributed by atoms with E-state index in [2.05, 4.69) is 29.6 Å². The first-order valence-electron chi connectivity index (χ1n) is 7.39. The van der Waals surface area contributed by atoms with Gasteiger partial charge in [0.15, 0.2) is 0 Å². The van der Waals surface area contributed by atoms with Gasteiger partial charge in [0.25, 0.3) is 0 Å². The molecule has 0 bridgehead atoms. The summed E-state index contributed by atoms with van der Waals surface area (Å²) in [6.07, 6.45) is 3.35. The number of aryl methyl sites for hydroxylation is 1. The van der Waals surface area contributed by atoms with Crippen LogP contribution in [0.15, 0.2) is 42.5 Å². The summed E-state index contributed by atoms with van der Waals surface area (Å²) in [6.45, 7) is 0.823. The van der Waals surface area contributed by atoms with Crippen LogP contribution >= 0.6 is 11.6 Å². The third-order valence-corrected chi connectivity index (χ3v) is 4.55. The molecule has 0 fully saturated rings. The molecule has 0 heterocycles. The van der Waals surface area contributed by atoms with Gasteiger partial charge < -0.3 is 10.1 Å². The van der Waals surface area contributed by atoms with Gasteiger partial charge in [0.2, 0.25) is 0 Å². The van der Waals surface area contributed by atoms with E-state index >= 15 is 0 Å². The van der Waals surface area contributed by atoms with Crippen LogP contribution in [0, 0.1) is 0 Å². The van der Waals surface area contributed by atoms with E-state index in [1.54, 1.807) is 7.11 Å². The molecule has 0 aliphatic heterocycles. The maximum Gasteiger partial charge on any atom is 0.119 e. The quantitative estimate of drug-likeness (QED) is 0.922. The summed E-state index contributed by atoms with van der Waals surface area (Å²) in [6, 6.07) is 14.9. The van der Waals surface area contributed by atoms with Gasteiger partial charge in [0.1, 0.15) is 5.75 Å². The lowest BCUT2D eigenvalue weighted by Crippen LogP contribution is -2.34. The molecular formula is C18H20ClNO. The standard InChI is InChI=1S/C18H20ClNO/c1-21-17-9-7-13-6-8-16(10-15(13)11-17)20-12-14-4-2-3-5-18(14)19/h2-5,7,9,11,16,20H,6,8,10,12H2,1H3. The number of benzene rings is 2. The summed E-state index contributed by atoms with van der Waals surface area (Å²) < 4.78 is 5.32. The van der Waals surface area contributed by atoms with Crippen molar-refractivity contribution in [3.8, 4) is 5.75 Å². The molecule has 1 unspecified atom stereocenters. The number of hydrogen-bond acceptors (Lipinski definition) is 2. The topological polar surface area (TPSA) is 21.3 Å². The molecule has 1 aliphatic rings. The first kappa shape index (κ1) is 14.4. The van der Waals surface area contributed by atoms with Gasteiger partial charge in [-0.15, -0.1) is 0 Å². The SMILES string of the molecule is COc1ccc2c(c1)CC(NCc1ccccc1Cl)CC2. The van der Waals surface area contributed by atoms with Gasteiger partial charge in [-0.05, 0) is 54.2 Å². The fourth-order valence-electron chi connectivity index (χ4n) is 2.93. The number of fused-ring (bicyclic) bond motifs is 1. The number of methoxy groups -OCH3 is 1. The van der Waals surface area contributed by atoms with Crippen LogP contribution in [0.3, 0.4) is 0 Å². The minimum absolute atomic E-state index is 0.501. The van der Waals surface area contributed by atoms with Crippen molar-refractivity contribution in [2.75, 3.05) is 7.11 Å². The van der Waals surface area contributed by atoms with Gasteiger partial charge >= 0.3 is 0 Å². The molecule has 1 N–H and O–H groups in total. The molecule has 3 heteroatoms. The van der Waals surface area contributed by atoms with Gasteiger partial charge in [-0.3, -0.25) is 0 Å².